The number of hydrogen-bond acceptors (Lipinski definition) is 6. The molecule has 0 radical (unpaired) electrons. The van der Waals surface area contributed by atoms with Crippen LogP contribution in [0.25, 0.3) is 11.2 Å². The molecule has 2 aromatic heterocycles. The zero-order valence-corrected chi connectivity index (χ0v) is 16.0. The average molecular weight is 385 g/mol. The van der Waals surface area contributed by atoms with E-state index in [0.29, 0.717) is 11.7 Å². The van der Waals surface area contributed by atoms with Gasteiger partial charge in [0, 0.05) is 14.1 Å². The van der Waals surface area contributed by atoms with Crippen molar-refractivity contribution in [1.82, 2.24) is 18.7 Å². The summed E-state index contributed by atoms with van der Waals surface area (Å²) in [6.07, 6.45) is 0.501. The van der Waals surface area contributed by atoms with E-state index in [2.05, 4.69) is 16.9 Å². The second-order valence-corrected chi connectivity index (χ2v) is 6.55. The Kier molecular flexibility index (Phi) is 5.36. The van der Waals surface area contributed by atoms with Crippen LogP contribution in [0.1, 0.15) is 5.56 Å². The Morgan fingerprint density at radius 2 is 2.07 bits per heavy atom. The van der Waals surface area contributed by atoms with Crippen molar-refractivity contribution >= 4 is 17.1 Å². The minimum Gasteiger partial charge on any atom is -0.491 e. The van der Waals surface area contributed by atoms with E-state index in [0.717, 1.165) is 10.1 Å². The number of benzene rings is 1. The first-order valence-corrected chi connectivity index (χ1v) is 8.74. The third-order valence-corrected chi connectivity index (χ3v) is 4.40. The number of fused-ring (bicyclic) bond motifs is 1. The maximum Gasteiger partial charge on any atom is 0.332 e. The van der Waals surface area contributed by atoms with Gasteiger partial charge in [0.05, 0.1) is 6.54 Å². The molecule has 9 heteroatoms. The molecule has 0 saturated heterocycles. The number of rotatable bonds is 7. The van der Waals surface area contributed by atoms with E-state index in [4.69, 9.17) is 4.74 Å². The van der Waals surface area contributed by atoms with Gasteiger partial charge in [0.25, 0.3) is 5.56 Å². The summed E-state index contributed by atoms with van der Waals surface area (Å²) in [6.45, 7) is 5.64. The van der Waals surface area contributed by atoms with Crippen molar-refractivity contribution < 1.29 is 9.84 Å². The normalized spacial score (nSPS) is 12.1. The molecule has 0 saturated carbocycles. The van der Waals surface area contributed by atoms with Crippen molar-refractivity contribution in [3.8, 4) is 5.75 Å². The Morgan fingerprint density at radius 3 is 2.75 bits per heavy atom. The van der Waals surface area contributed by atoms with Gasteiger partial charge < -0.3 is 19.7 Å². The zero-order chi connectivity index (χ0) is 20.4. The maximum atomic E-state index is 12.7. The Morgan fingerprint density at radius 1 is 1.32 bits per heavy atom. The Bertz CT molecular complexity index is 1140. The minimum absolute atomic E-state index is 0.0305. The monoisotopic (exact) mass is 385 g/mol. The summed E-state index contributed by atoms with van der Waals surface area (Å²) in [5.41, 5.74) is 0.521. The number of aliphatic hydroxyl groups is 1. The maximum absolute atomic E-state index is 12.7. The van der Waals surface area contributed by atoms with Crippen molar-refractivity contribution in [1.29, 1.82) is 0 Å². The quantitative estimate of drug-likeness (QED) is 0.622. The number of aryl methyl sites for hydroxylation is 2. The van der Waals surface area contributed by atoms with Crippen LogP contribution in [0.15, 0.2) is 46.6 Å². The number of ether oxygens (including phenoxy) is 1. The first kappa shape index (κ1) is 19.4. The van der Waals surface area contributed by atoms with Crippen LogP contribution in [0.3, 0.4) is 0 Å². The van der Waals surface area contributed by atoms with Crippen molar-refractivity contribution in [2.24, 2.45) is 14.1 Å². The molecule has 0 fully saturated rings. The van der Waals surface area contributed by atoms with Crippen molar-refractivity contribution in [2.45, 2.75) is 19.6 Å². The fourth-order valence-corrected chi connectivity index (χ4v) is 2.99. The van der Waals surface area contributed by atoms with E-state index in [1.165, 1.54) is 29.4 Å². The van der Waals surface area contributed by atoms with Crippen LogP contribution in [0, 0.1) is 6.92 Å². The third-order valence-electron chi connectivity index (χ3n) is 4.40. The molecule has 2 heterocycles. The van der Waals surface area contributed by atoms with Crippen molar-refractivity contribution in [3.63, 3.8) is 0 Å². The molecule has 0 aliphatic heterocycles. The third kappa shape index (κ3) is 3.56. The molecule has 0 aliphatic carbocycles. The van der Waals surface area contributed by atoms with E-state index < -0.39 is 17.4 Å². The SMILES string of the molecule is C=CNc1nc2c(c(=O)n(C)c(=O)n2C)n1CC(O)COc1cccc(C)c1. The first-order valence-electron chi connectivity index (χ1n) is 8.74. The molecule has 2 N–H and O–H groups in total. The highest BCUT2D eigenvalue weighted by atomic mass is 16.5. The van der Waals surface area contributed by atoms with Crippen LogP contribution in [0.2, 0.25) is 0 Å². The average Bonchev–Trinajstić information content (AvgIpc) is 3.01. The number of nitrogens with zero attached hydrogens (tertiary/aromatic N) is 4. The summed E-state index contributed by atoms with van der Waals surface area (Å²) in [4.78, 5) is 29.1. The summed E-state index contributed by atoms with van der Waals surface area (Å²) in [5.74, 6) is 0.954. The molecule has 0 aliphatic rings. The molecule has 3 rings (SSSR count). The predicted molar refractivity (Wildman–Crippen MR) is 107 cm³/mol. The molecule has 0 amide bonds. The van der Waals surface area contributed by atoms with Gasteiger partial charge in [-0.1, -0.05) is 18.7 Å². The fraction of sp³-hybridized carbons (Fsp3) is 0.316. The summed E-state index contributed by atoms with van der Waals surface area (Å²) < 4.78 is 9.47. The van der Waals surface area contributed by atoms with Crippen LogP contribution < -0.4 is 21.3 Å². The van der Waals surface area contributed by atoms with Gasteiger partial charge in [0.2, 0.25) is 5.95 Å². The molecule has 1 aromatic carbocycles. The van der Waals surface area contributed by atoms with E-state index in [9.17, 15) is 14.7 Å². The van der Waals surface area contributed by atoms with Crippen molar-refractivity contribution in [2.75, 3.05) is 11.9 Å². The summed E-state index contributed by atoms with van der Waals surface area (Å²) >= 11 is 0. The topological polar surface area (TPSA) is 103 Å². The minimum atomic E-state index is -0.912. The molecule has 0 spiro atoms. The van der Waals surface area contributed by atoms with Crippen LogP contribution in [-0.2, 0) is 20.6 Å². The van der Waals surface area contributed by atoms with Gasteiger partial charge >= 0.3 is 5.69 Å². The highest BCUT2D eigenvalue weighted by Gasteiger charge is 2.20. The highest BCUT2D eigenvalue weighted by Crippen LogP contribution is 2.17. The van der Waals surface area contributed by atoms with Crippen molar-refractivity contribution in [3.05, 3.63) is 63.4 Å². The van der Waals surface area contributed by atoms with Gasteiger partial charge in [0.15, 0.2) is 11.2 Å². The van der Waals surface area contributed by atoms with Crippen LogP contribution in [-0.4, -0.2) is 36.5 Å². The van der Waals surface area contributed by atoms with E-state index >= 15 is 0 Å². The molecular formula is C19H23N5O4. The molecule has 148 valence electrons. The van der Waals surface area contributed by atoms with Gasteiger partial charge in [-0.3, -0.25) is 13.9 Å². The van der Waals surface area contributed by atoms with Crippen LogP contribution in [0.4, 0.5) is 5.95 Å². The molecule has 3 aromatic rings. The molecule has 9 nitrogen and oxygen atoms in total. The standard InChI is InChI=1S/C19H23N5O4/c1-5-20-18-21-16-15(17(26)23(4)19(27)22(16)3)24(18)10-13(25)11-28-14-8-6-7-12(2)9-14/h5-9,13,25H,1,10-11H2,2-4H3,(H,20,21). The number of aliphatic hydroxyl groups excluding tert-OH is 1. The molecule has 28 heavy (non-hydrogen) atoms. The van der Waals surface area contributed by atoms with Gasteiger partial charge in [-0.2, -0.15) is 4.98 Å². The number of anilines is 1. The number of nitrogens with one attached hydrogen (secondary N) is 1. The zero-order valence-electron chi connectivity index (χ0n) is 16.0. The lowest BCUT2D eigenvalue weighted by Crippen LogP contribution is -2.38. The highest BCUT2D eigenvalue weighted by molar-refractivity contribution is 5.74. The number of hydrogen-bond donors (Lipinski definition) is 2. The Hall–Kier alpha value is -3.33. The number of imidazole rings is 1. The molecule has 1 atom stereocenters. The Labute approximate surface area is 161 Å². The predicted octanol–water partition coefficient (Wildman–Crippen LogP) is 0.737. The van der Waals surface area contributed by atoms with E-state index in [-0.39, 0.29) is 24.3 Å². The fourth-order valence-electron chi connectivity index (χ4n) is 2.99. The van der Waals surface area contributed by atoms with Gasteiger partial charge in [-0.15, -0.1) is 0 Å². The second kappa shape index (κ2) is 7.73. The second-order valence-electron chi connectivity index (χ2n) is 6.55. The molecule has 0 bridgehead atoms. The first-order chi connectivity index (χ1) is 13.3. The molecule has 1 unspecified atom stereocenters. The van der Waals surface area contributed by atoms with Gasteiger partial charge in [-0.25, -0.2) is 4.79 Å². The summed E-state index contributed by atoms with van der Waals surface area (Å²) in [6, 6.07) is 7.50. The lowest BCUT2D eigenvalue weighted by molar-refractivity contribution is 0.0938. The van der Waals surface area contributed by atoms with Gasteiger partial charge in [-0.05, 0) is 30.8 Å². The molecular weight excluding hydrogens is 362 g/mol. The Balaban J connectivity index is 1.94. The largest absolute Gasteiger partial charge is 0.491 e. The van der Waals surface area contributed by atoms with Gasteiger partial charge in [0.1, 0.15) is 18.5 Å². The number of aromatic nitrogens is 4. The summed E-state index contributed by atoms with van der Waals surface area (Å²) in [7, 11) is 2.94. The van der Waals surface area contributed by atoms with Crippen LogP contribution >= 0.6 is 0 Å². The van der Waals surface area contributed by atoms with Crippen LogP contribution in [0.5, 0.6) is 5.75 Å². The lowest BCUT2D eigenvalue weighted by atomic mass is 10.2. The lowest BCUT2D eigenvalue weighted by Gasteiger charge is -2.15. The van der Waals surface area contributed by atoms with E-state index in [1.807, 2.05) is 31.2 Å². The summed E-state index contributed by atoms with van der Waals surface area (Å²) in [5, 5.41) is 13.3. The smallest absolute Gasteiger partial charge is 0.332 e. The van der Waals surface area contributed by atoms with E-state index in [1.54, 1.807) is 0 Å².